The van der Waals surface area contributed by atoms with E-state index in [1.165, 1.54) is 12.3 Å². The largest absolute Gasteiger partial charge is 0.511 e. The SMILES string of the molecule is O=CC1Cc2occc2CN1S(=O)(=O)C(F)(F)F. The van der Waals surface area contributed by atoms with Gasteiger partial charge in [0.05, 0.1) is 12.3 Å². The number of carbonyl (C=O) groups is 1. The molecule has 18 heavy (non-hydrogen) atoms. The van der Waals surface area contributed by atoms with Crippen molar-refractivity contribution in [3.63, 3.8) is 0 Å². The van der Waals surface area contributed by atoms with Crippen molar-refractivity contribution >= 4 is 16.3 Å². The number of nitrogens with zero attached hydrogens (tertiary/aromatic N) is 1. The minimum absolute atomic E-state index is 0.151. The van der Waals surface area contributed by atoms with E-state index in [2.05, 4.69) is 0 Å². The number of hydrogen-bond acceptors (Lipinski definition) is 4. The van der Waals surface area contributed by atoms with E-state index in [0.717, 1.165) is 0 Å². The first kappa shape index (κ1) is 13.1. The summed E-state index contributed by atoms with van der Waals surface area (Å²) < 4.78 is 65.1. The molecular weight excluding hydrogens is 275 g/mol. The summed E-state index contributed by atoms with van der Waals surface area (Å²) in [5.74, 6) is 0.334. The van der Waals surface area contributed by atoms with Gasteiger partial charge in [0.15, 0.2) is 0 Å². The van der Waals surface area contributed by atoms with Crippen molar-refractivity contribution in [2.24, 2.45) is 0 Å². The van der Waals surface area contributed by atoms with E-state index in [9.17, 15) is 26.4 Å². The molecule has 100 valence electrons. The Kier molecular flexibility index (Phi) is 2.98. The van der Waals surface area contributed by atoms with E-state index >= 15 is 0 Å². The lowest BCUT2D eigenvalue weighted by molar-refractivity contribution is -0.111. The normalized spacial score (nSPS) is 21.6. The molecule has 0 saturated carbocycles. The molecule has 0 saturated heterocycles. The fourth-order valence-corrected chi connectivity index (χ4v) is 2.83. The number of rotatable bonds is 2. The smallest absolute Gasteiger partial charge is 0.469 e. The highest BCUT2D eigenvalue weighted by Crippen LogP contribution is 2.33. The van der Waals surface area contributed by atoms with Gasteiger partial charge in [-0.2, -0.15) is 17.5 Å². The van der Waals surface area contributed by atoms with Crippen molar-refractivity contribution < 1.29 is 30.8 Å². The standard InChI is InChI=1S/C9H8F3NO4S/c10-9(11,12)18(15,16)13-4-6-1-2-17-8(6)3-7(13)5-14/h1-2,5,7H,3-4H2. The lowest BCUT2D eigenvalue weighted by atomic mass is 10.1. The zero-order chi connectivity index (χ0) is 13.6. The third-order valence-electron chi connectivity index (χ3n) is 2.69. The quantitative estimate of drug-likeness (QED) is 0.761. The first-order valence-electron chi connectivity index (χ1n) is 4.86. The second kappa shape index (κ2) is 4.09. The topological polar surface area (TPSA) is 67.6 Å². The van der Waals surface area contributed by atoms with Crippen LogP contribution in [0.4, 0.5) is 13.2 Å². The predicted octanol–water partition coefficient (Wildman–Crippen LogP) is 1.05. The van der Waals surface area contributed by atoms with Gasteiger partial charge < -0.3 is 9.21 Å². The zero-order valence-electron chi connectivity index (χ0n) is 8.85. The Morgan fingerprint density at radius 3 is 2.67 bits per heavy atom. The van der Waals surface area contributed by atoms with E-state index in [-0.39, 0.29) is 17.0 Å². The molecule has 0 aromatic carbocycles. The second-order valence-corrected chi connectivity index (χ2v) is 5.65. The van der Waals surface area contributed by atoms with Crippen molar-refractivity contribution in [3.05, 3.63) is 23.7 Å². The van der Waals surface area contributed by atoms with Gasteiger partial charge in [0.2, 0.25) is 0 Å². The van der Waals surface area contributed by atoms with E-state index in [1.807, 2.05) is 0 Å². The van der Waals surface area contributed by atoms with Crippen LogP contribution in [0.3, 0.4) is 0 Å². The summed E-state index contributed by atoms with van der Waals surface area (Å²) in [6.45, 7) is -0.517. The Hall–Kier alpha value is -1.35. The number of carbonyl (C=O) groups excluding carboxylic acids is 1. The molecule has 1 aromatic rings. The lowest BCUT2D eigenvalue weighted by Crippen LogP contribution is -2.49. The zero-order valence-corrected chi connectivity index (χ0v) is 9.66. The van der Waals surface area contributed by atoms with Gasteiger partial charge in [-0.1, -0.05) is 0 Å². The van der Waals surface area contributed by atoms with Crippen LogP contribution < -0.4 is 0 Å². The maximum Gasteiger partial charge on any atom is 0.511 e. The molecule has 1 aromatic heterocycles. The number of fused-ring (bicyclic) bond motifs is 1. The summed E-state index contributed by atoms with van der Waals surface area (Å²) >= 11 is 0. The molecule has 0 radical (unpaired) electrons. The summed E-state index contributed by atoms with van der Waals surface area (Å²) in [5, 5.41) is 0. The monoisotopic (exact) mass is 283 g/mol. The van der Waals surface area contributed by atoms with Gasteiger partial charge in [-0.15, -0.1) is 0 Å². The molecular formula is C9H8F3NO4S. The highest BCUT2D eigenvalue weighted by Gasteiger charge is 2.53. The summed E-state index contributed by atoms with van der Waals surface area (Å²) in [5.41, 5.74) is -5.09. The fraction of sp³-hybridized carbons (Fsp3) is 0.444. The molecule has 0 aliphatic carbocycles. The Morgan fingerprint density at radius 2 is 2.11 bits per heavy atom. The molecule has 0 fully saturated rings. The second-order valence-electron chi connectivity index (χ2n) is 3.77. The van der Waals surface area contributed by atoms with Crippen LogP contribution in [-0.2, 0) is 27.8 Å². The Balaban J connectivity index is 2.43. The highest BCUT2D eigenvalue weighted by atomic mass is 32.2. The van der Waals surface area contributed by atoms with Crippen LogP contribution in [0.15, 0.2) is 16.7 Å². The summed E-state index contributed by atoms with van der Waals surface area (Å²) in [7, 11) is -5.52. The first-order valence-corrected chi connectivity index (χ1v) is 6.30. The molecule has 1 atom stereocenters. The van der Waals surface area contributed by atoms with Crippen molar-refractivity contribution in [3.8, 4) is 0 Å². The van der Waals surface area contributed by atoms with Crippen molar-refractivity contribution in [1.82, 2.24) is 4.31 Å². The minimum atomic E-state index is -5.52. The maximum absolute atomic E-state index is 12.5. The van der Waals surface area contributed by atoms with Gasteiger partial charge in [0.1, 0.15) is 12.0 Å². The Labute approximate surface area is 100 Å². The Bertz CT molecular complexity index is 563. The van der Waals surface area contributed by atoms with Crippen LogP contribution in [0, 0.1) is 0 Å². The molecule has 0 spiro atoms. The van der Waals surface area contributed by atoms with Gasteiger partial charge in [0.25, 0.3) is 0 Å². The average Bonchev–Trinajstić information content (AvgIpc) is 2.72. The molecule has 1 unspecified atom stereocenters. The Morgan fingerprint density at radius 1 is 1.44 bits per heavy atom. The third kappa shape index (κ3) is 1.93. The lowest BCUT2D eigenvalue weighted by Gasteiger charge is -2.30. The fourth-order valence-electron chi connectivity index (χ4n) is 1.78. The van der Waals surface area contributed by atoms with Crippen molar-refractivity contribution in [1.29, 1.82) is 0 Å². The van der Waals surface area contributed by atoms with Gasteiger partial charge in [-0.3, -0.25) is 0 Å². The van der Waals surface area contributed by atoms with Crippen molar-refractivity contribution in [2.45, 2.75) is 24.5 Å². The first-order chi connectivity index (χ1) is 8.27. The van der Waals surface area contributed by atoms with Crippen molar-refractivity contribution in [2.75, 3.05) is 0 Å². The van der Waals surface area contributed by atoms with Crippen LogP contribution >= 0.6 is 0 Å². The van der Waals surface area contributed by atoms with Crippen LogP contribution in [0.5, 0.6) is 0 Å². The number of aldehydes is 1. The molecule has 1 aliphatic heterocycles. The number of alkyl halides is 3. The maximum atomic E-state index is 12.5. The molecule has 0 amide bonds. The number of furan rings is 1. The number of hydrogen-bond donors (Lipinski definition) is 0. The third-order valence-corrected chi connectivity index (χ3v) is 4.29. The average molecular weight is 283 g/mol. The van der Waals surface area contributed by atoms with Gasteiger partial charge >= 0.3 is 15.5 Å². The van der Waals surface area contributed by atoms with Gasteiger partial charge in [-0.25, -0.2) is 8.42 Å². The molecule has 0 N–H and O–H groups in total. The molecule has 0 bridgehead atoms. The van der Waals surface area contributed by atoms with Gasteiger partial charge in [0, 0.05) is 18.5 Å². The molecule has 2 heterocycles. The molecule has 9 heteroatoms. The summed E-state index contributed by atoms with van der Waals surface area (Å²) in [6.07, 6.45) is 1.23. The van der Waals surface area contributed by atoms with Gasteiger partial charge in [-0.05, 0) is 6.07 Å². The van der Waals surface area contributed by atoms with Crippen LogP contribution in [-0.4, -0.2) is 30.6 Å². The minimum Gasteiger partial charge on any atom is -0.469 e. The molecule has 2 rings (SSSR count). The predicted molar refractivity (Wildman–Crippen MR) is 52.8 cm³/mol. The van der Waals surface area contributed by atoms with Crippen LogP contribution in [0.1, 0.15) is 11.3 Å². The number of sulfonamides is 1. The highest BCUT2D eigenvalue weighted by molar-refractivity contribution is 7.90. The summed E-state index contributed by atoms with van der Waals surface area (Å²) in [6, 6.07) is -0.00909. The van der Waals surface area contributed by atoms with E-state index in [0.29, 0.717) is 11.3 Å². The molecule has 1 aliphatic rings. The van der Waals surface area contributed by atoms with E-state index < -0.39 is 28.1 Å². The van der Waals surface area contributed by atoms with E-state index in [4.69, 9.17) is 4.42 Å². The summed E-state index contributed by atoms with van der Waals surface area (Å²) in [4.78, 5) is 10.8. The number of halogens is 3. The van der Waals surface area contributed by atoms with Crippen LogP contribution in [0.25, 0.3) is 0 Å². The van der Waals surface area contributed by atoms with E-state index in [1.54, 1.807) is 0 Å². The van der Waals surface area contributed by atoms with Crippen LogP contribution in [0.2, 0.25) is 0 Å². The molecule has 5 nitrogen and oxygen atoms in total.